The lowest BCUT2D eigenvalue weighted by molar-refractivity contribution is -0.0442. The fourth-order valence-corrected chi connectivity index (χ4v) is 3.86. The molecule has 0 radical (unpaired) electrons. The van der Waals surface area contributed by atoms with E-state index < -0.39 is 24.5 Å². The van der Waals surface area contributed by atoms with Crippen LogP contribution in [0.1, 0.15) is 31.9 Å². The van der Waals surface area contributed by atoms with Crippen molar-refractivity contribution >= 4 is 22.9 Å². The maximum atomic E-state index is 10.7. The fourth-order valence-electron chi connectivity index (χ4n) is 3.86. The van der Waals surface area contributed by atoms with Gasteiger partial charge in [-0.05, 0) is 38.9 Å². The maximum absolute atomic E-state index is 10.7. The molecular weight excluding hydrogens is 416 g/mol. The molecule has 3 rings (SSSR count). The number of anilines is 1. The summed E-state index contributed by atoms with van der Waals surface area (Å²) in [6, 6.07) is 0. The third-order valence-corrected chi connectivity index (χ3v) is 5.54. The summed E-state index contributed by atoms with van der Waals surface area (Å²) in [5.74, 6) is 0.348. The van der Waals surface area contributed by atoms with E-state index >= 15 is 0 Å². The second-order valence-electron chi connectivity index (χ2n) is 7.94. The predicted molar refractivity (Wildman–Crippen MR) is 120 cm³/mol. The lowest BCUT2D eigenvalue weighted by atomic mass is 10.1. The smallest absolute Gasteiger partial charge is 0.185 e. The van der Waals surface area contributed by atoms with Gasteiger partial charge in [0, 0.05) is 13.1 Å². The van der Waals surface area contributed by atoms with Crippen LogP contribution in [0.25, 0.3) is 11.2 Å². The SMILES string of the molecule is NCCCN(CCCCCN=C(N)N)C[C@@H]1O[C@H](n2cnc3c(N)ncnc32)[C@@H](O)[C@H]1O. The number of aromatic nitrogens is 4. The number of unbranched alkanes of at least 4 members (excludes halogenated alkanes) is 2. The molecule has 13 nitrogen and oxygen atoms in total. The van der Waals surface area contributed by atoms with E-state index in [0.29, 0.717) is 30.8 Å². The van der Waals surface area contributed by atoms with Crippen LogP contribution in [0.15, 0.2) is 17.6 Å². The number of guanidine groups is 1. The molecule has 1 aliphatic rings. The molecule has 0 spiro atoms. The van der Waals surface area contributed by atoms with Crippen LogP contribution in [0, 0.1) is 0 Å². The first-order valence-electron chi connectivity index (χ1n) is 10.8. The highest BCUT2D eigenvalue weighted by atomic mass is 16.6. The van der Waals surface area contributed by atoms with E-state index in [2.05, 4.69) is 24.8 Å². The van der Waals surface area contributed by atoms with Crippen LogP contribution < -0.4 is 22.9 Å². The van der Waals surface area contributed by atoms with Crippen molar-refractivity contribution in [3.63, 3.8) is 0 Å². The van der Waals surface area contributed by atoms with Gasteiger partial charge in [0.25, 0.3) is 0 Å². The molecule has 0 amide bonds. The molecule has 178 valence electrons. The van der Waals surface area contributed by atoms with Crippen LogP contribution in [0.2, 0.25) is 0 Å². The van der Waals surface area contributed by atoms with Crippen molar-refractivity contribution in [2.45, 2.75) is 50.2 Å². The van der Waals surface area contributed by atoms with Gasteiger partial charge in [-0.25, -0.2) is 15.0 Å². The molecule has 0 saturated carbocycles. The van der Waals surface area contributed by atoms with Crippen LogP contribution in [-0.2, 0) is 4.74 Å². The van der Waals surface area contributed by atoms with E-state index in [-0.39, 0.29) is 11.8 Å². The lowest BCUT2D eigenvalue weighted by Gasteiger charge is -2.26. The number of nitrogen functional groups attached to an aromatic ring is 1. The number of fused-ring (bicyclic) bond motifs is 1. The van der Waals surface area contributed by atoms with E-state index in [9.17, 15) is 10.2 Å². The van der Waals surface area contributed by atoms with Gasteiger partial charge in [-0.3, -0.25) is 9.56 Å². The Morgan fingerprint density at radius 1 is 1.09 bits per heavy atom. The van der Waals surface area contributed by atoms with Gasteiger partial charge in [-0.15, -0.1) is 0 Å². The summed E-state index contributed by atoms with van der Waals surface area (Å²) < 4.78 is 7.64. The van der Waals surface area contributed by atoms with Crippen molar-refractivity contribution in [1.29, 1.82) is 0 Å². The third kappa shape index (κ3) is 5.81. The minimum absolute atomic E-state index is 0.106. The normalized spacial score (nSPS) is 23.2. The first-order chi connectivity index (χ1) is 15.4. The molecule has 0 unspecified atom stereocenters. The van der Waals surface area contributed by atoms with Gasteiger partial charge in [0.05, 0.1) is 6.33 Å². The minimum atomic E-state index is -1.13. The number of hydrogen-bond donors (Lipinski definition) is 6. The third-order valence-electron chi connectivity index (χ3n) is 5.54. The summed E-state index contributed by atoms with van der Waals surface area (Å²) in [5, 5.41) is 21.3. The Balaban J connectivity index is 1.61. The quantitative estimate of drug-likeness (QED) is 0.120. The second kappa shape index (κ2) is 11.3. The fraction of sp³-hybridized carbons (Fsp3) is 0.684. The predicted octanol–water partition coefficient (Wildman–Crippen LogP) is -1.88. The van der Waals surface area contributed by atoms with E-state index in [1.165, 1.54) is 12.7 Å². The monoisotopic (exact) mass is 450 g/mol. The number of aliphatic hydroxyl groups excluding tert-OH is 2. The van der Waals surface area contributed by atoms with Gasteiger partial charge in [0.1, 0.15) is 30.2 Å². The number of nitrogens with two attached hydrogens (primary N) is 4. The first kappa shape index (κ1) is 24.1. The van der Waals surface area contributed by atoms with Crippen LogP contribution in [0.4, 0.5) is 5.82 Å². The summed E-state index contributed by atoms with van der Waals surface area (Å²) in [7, 11) is 0. The van der Waals surface area contributed by atoms with Gasteiger partial charge >= 0.3 is 0 Å². The Hall–Kier alpha value is -2.58. The molecule has 2 aromatic heterocycles. The summed E-state index contributed by atoms with van der Waals surface area (Å²) in [4.78, 5) is 18.5. The second-order valence-corrected chi connectivity index (χ2v) is 7.94. The van der Waals surface area contributed by atoms with E-state index in [0.717, 1.165) is 38.8 Å². The Labute approximate surface area is 186 Å². The number of rotatable bonds is 12. The van der Waals surface area contributed by atoms with Gasteiger partial charge in [-0.2, -0.15) is 0 Å². The topological polar surface area (TPSA) is 213 Å². The molecule has 32 heavy (non-hydrogen) atoms. The van der Waals surface area contributed by atoms with Crippen molar-refractivity contribution < 1.29 is 14.9 Å². The van der Waals surface area contributed by atoms with Crippen molar-refractivity contribution in [2.75, 3.05) is 38.5 Å². The first-order valence-corrected chi connectivity index (χ1v) is 10.8. The molecule has 4 atom stereocenters. The van der Waals surface area contributed by atoms with Crippen molar-refractivity contribution in [3.8, 4) is 0 Å². The number of imidazole rings is 1. The molecule has 2 aromatic rings. The molecule has 1 fully saturated rings. The Bertz CT molecular complexity index is 887. The molecule has 13 heteroatoms. The van der Waals surface area contributed by atoms with Gasteiger partial charge < -0.3 is 42.8 Å². The Kier molecular flexibility index (Phi) is 8.53. The molecule has 0 bridgehead atoms. The number of aliphatic imine (C=N–C) groups is 1. The summed E-state index contributed by atoms with van der Waals surface area (Å²) >= 11 is 0. The van der Waals surface area contributed by atoms with Gasteiger partial charge in [0.2, 0.25) is 0 Å². The van der Waals surface area contributed by atoms with E-state index in [1.54, 1.807) is 4.57 Å². The molecule has 0 aliphatic carbocycles. The number of hydrogen-bond acceptors (Lipinski definition) is 10. The molecule has 3 heterocycles. The number of ether oxygens (including phenoxy) is 1. The molecule has 10 N–H and O–H groups in total. The summed E-state index contributed by atoms with van der Waals surface area (Å²) in [5.41, 5.74) is 23.1. The van der Waals surface area contributed by atoms with Crippen molar-refractivity contribution in [1.82, 2.24) is 24.4 Å². The Morgan fingerprint density at radius 3 is 2.62 bits per heavy atom. The standard InChI is InChI=1S/C19H34N10O3/c20-5-4-8-28(7-3-1-2-6-24-19(22)23)9-12-14(30)15(31)18(32-12)29-11-27-13-16(21)25-10-26-17(13)29/h10-12,14-15,18,30-31H,1-9,20H2,(H2,21,25,26)(H4,22,23,24)/t12-,14-,15-,18-/m0/s1. The summed E-state index contributed by atoms with van der Waals surface area (Å²) in [6.07, 6.45) is 2.85. The highest BCUT2D eigenvalue weighted by Crippen LogP contribution is 2.32. The lowest BCUT2D eigenvalue weighted by Crippen LogP contribution is -2.41. The molecule has 0 aromatic carbocycles. The zero-order valence-electron chi connectivity index (χ0n) is 18.1. The number of nitrogens with zero attached hydrogens (tertiary/aromatic N) is 6. The minimum Gasteiger partial charge on any atom is -0.387 e. The molecule has 1 saturated heterocycles. The highest BCUT2D eigenvalue weighted by Gasteiger charge is 2.44. The van der Waals surface area contributed by atoms with E-state index in [1.807, 2.05) is 0 Å². The largest absolute Gasteiger partial charge is 0.387 e. The highest BCUT2D eigenvalue weighted by molar-refractivity contribution is 5.81. The zero-order chi connectivity index (χ0) is 23.1. The van der Waals surface area contributed by atoms with Crippen LogP contribution in [0.5, 0.6) is 0 Å². The average molecular weight is 451 g/mol. The van der Waals surface area contributed by atoms with E-state index in [4.69, 9.17) is 27.7 Å². The van der Waals surface area contributed by atoms with Crippen LogP contribution >= 0.6 is 0 Å². The number of aliphatic hydroxyl groups is 2. The zero-order valence-corrected chi connectivity index (χ0v) is 18.1. The average Bonchev–Trinajstić information content (AvgIpc) is 3.31. The van der Waals surface area contributed by atoms with Crippen LogP contribution in [0.3, 0.4) is 0 Å². The Morgan fingerprint density at radius 2 is 1.88 bits per heavy atom. The van der Waals surface area contributed by atoms with Crippen molar-refractivity contribution in [2.24, 2.45) is 22.2 Å². The molecular formula is C19H34N10O3. The van der Waals surface area contributed by atoms with Gasteiger partial charge in [-0.1, -0.05) is 6.42 Å². The summed E-state index contributed by atoms with van der Waals surface area (Å²) in [6.45, 7) is 3.23. The molecule has 1 aliphatic heterocycles. The van der Waals surface area contributed by atoms with Gasteiger partial charge in [0.15, 0.2) is 23.7 Å². The van der Waals surface area contributed by atoms with Crippen LogP contribution in [-0.4, -0.2) is 91.6 Å². The van der Waals surface area contributed by atoms with Crippen molar-refractivity contribution in [3.05, 3.63) is 12.7 Å². The maximum Gasteiger partial charge on any atom is 0.185 e.